The van der Waals surface area contributed by atoms with Crippen LogP contribution in [-0.4, -0.2) is 49.0 Å². The van der Waals surface area contributed by atoms with E-state index >= 15 is 4.39 Å². The van der Waals surface area contributed by atoms with Gasteiger partial charge < -0.3 is 9.30 Å². The molecule has 4 heterocycles. The van der Waals surface area contributed by atoms with Crippen LogP contribution in [0.5, 0.6) is 11.8 Å². The lowest BCUT2D eigenvalue weighted by Gasteiger charge is -2.31. The maximum absolute atomic E-state index is 15.3. The van der Waals surface area contributed by atoms with E-state index in [9.17, 15) is 0 Å². The zero-order valence-corrected chi connectivity index (χ0v) is 20.4. The molecular weight excluding hydrogens is 493 g/mol. The number of piperidine rings is 1. The van der Waals surface area contributed by atoms with Gasteiger partial charge in [-0.3, -0.25) is 9.88 Å². The predicted octanol–water partition coefficient (Wildman–Crippen LogP) is 5.79. The van der Waals surface area contributed by atoms with E-state index in [1.165, 1.54) is 6.07 Å². The SMILES string of the molecule is N#CCN1CCC(n2cnc3cnc4cc(F)c(-c5ccc(Oc6ncccn6)cc5Cl)cc4c32)CC1. The van der Waals surface area contributed by atoms with Crippen LogP contribution in [0, 0.1) is 17.1 Å². The van der Waals surface area contributed by atoms with Crippen LogP contribution in [0.15, 0.2) is 61.3 Å². The molecule has 1 aliphatic heterocycles. The first-order chi connectivity index (χ1) is 18.1. The molecule has 3 aromatic heterocycles. The number of halogens is 2. The number of ether oxygens (including phenoxy) is 1. The monoisotopic (exact) mass is 513 g/mol. The van der Waals surface area contributed by atoms with Gasteiger partial charge in [-0.2, -0.15) is 5.26 Å². The van der Waals surface area contributed by atoms with Crippen molar-refractivity contribution >= 4 is 33.5 Å². The normalized spacial score (nSPS) is 14.7. The Morgan fingerprint density at radius 1 is 1.03 bits per heavy atom. The average molecular weight is 514 g/mol. The van der Waals surface area contributed by atoms with Crippen molar-refractivity contribution < 1.29 is 9.13 Å². The van der Waals surface area contributed by atoms with Gasteiger partial charge in [0.25, 0.3) is 0 Å². The third kappa shape index (κ3) is 4.46. The maximum atomic E-state index is 15.3. The molecular formula is C27H21ClFN7O. The van der Waals surface area contributed by atoms with E-state index in [1.807, 2.05) is 6.33 Å². The molecule has 0 unspecified atom stereocenters. The fourth-order valence-corrected chi connectivity index (χ4v) is 5.17. The second-order valence-electron chi connectivity index (χ2n) is 8.93. The van der Waals surface area contributed by atoms with Crippen molar-refractivity contribution in [1.29, 1.82) is 5.26 Å². The number of aromatic nitrogens is 5. The molecule has 10 heteroatoms. The van der Waals surface area contributed by atoms with Gasteiger partial charge in [0.1, 0.15) is 17.1 Å². The van der Waals surface area contributed by atoms with Crippen LogP contribution < -0.4 is 4.74 Å². The topological polar surface area (TPSA) is 92.8 Å². The molecule has 184 valence electrons. The molecule has 2 aromatic carbocycles. The van der Waals surface area contributed by atoms with Gasteiger partial charge in [0.05, 0.1) is 41.2 Å². The van der Waals surface area contributed by atoms with Gasteiger partial charge >= 0.3 is 6.01 Å². The van der Waals surface area contributed by atoms with E-state index in [1.54, 1.807) is 48.9 Å². The average Bonchev–Trinajstić information content (AvgIpc) is 3.35. The van der Waals surface area contributed by atoms with Crippen LogP contribution in [0.3, 0.4) is 0 Å². The number of pyridine rings is 1. The molecule has 0 saturated carbocycles. The lowest BCUT2D eigenvalue weighted by molar-refractivity contribution is 0.207. The Kier molecular flexibility index (Phi) is 6.12. The standard InChI is InChI=1S/C27H21ClFN7O/c28-22-12-18(37-27-31-7-1-8-32-27)2-3-19(22)20-13-21-24(14-23(20)29)33-15-25-26(21)36(16-34-25)17-4-9-35(10-5-17)11-6-30/h1-3,7-8,12-17H,4-5,9-11H2. The quantitative estimate of drug-likeness (QED) is 0.275. The van der Waals surface area contributed by atoms with Crippen LogP contribution >= 0.6 is 11.6 Å². The van der Waals surface area contributed by atoms with Crippen LogP contribution in [0.25, 0.3) is 33.1 Å². The molecule has 8 nitrogen and oxygen atoms in total. The number of imidazole rings is 1. The minimum absolute atomic E-state index is 0.198. The largest absolute Gasteiger partial charge is 0.424 e. The third-order valence-corrected chi connectivity index (χ3v) is 7.03. The van der Waals surface area contributed by atoms with Gasteiger partial charge in [-0.1, -0.05) is 11.6 Å². The number of rotatable bonds is 5. The second-order valence-corrected chi connectivity index (χ2v) is 9.34. The first-order valence-corrected chi connectivity index (χ1v) is 12.3. The highest BCUT2D eigenvalue weighted by molar-refractivity contribution is 6.33. The smallest absolute Gasteiger partial charge is 0.321 e. The van der Waals surface area contributed by atoms with E-state index in [2.05, 4.69) is 35.5 Å². The molecule has 6 rings (SSSR count). The van der Waals surface area contributed by atoms with Crippen molar-refractivity contribution in [2.75, 3.05) is 19.6 Å². The Balaban J connectivity index is 1.39. The zero-order chi connectivity index (χ0) is 25.4. The van der Waals surface area contributed by atoms with Crippen molar-refractivity contribution in [3.8, 4) is 29.0 Å². The highest BCUT2D eigenvalue weighted by atomic mass is 35.5. The van der Waals surface area contributed by atoms with Crippen LogP contribution in [0.1, 0.15) is 18.9 Å². The molecule has 1 aliphatic rings. The van der Waals surface area contributed by atoms with Crippen LogP contribution in [0.4, 0.5) is 4.39 Å². The predicted molar refractivity (Wildman–Crippen MR) is 138 cm³/mol. The lowest BCUT2D eigenvalue weighted by Crippen LogP contribution is -2.34. The van der Waals surface area contributed by atoms with Gasteiger partial charge in [-0.15, -0.1) is 0 Å². The van der Waals surface area contributed by atoms with E-state index in [0.29, 0.717) is 34.0 Å². The van der Waals surface area contributed by atoms with Crippen molar-refractivity contribution in [1.82, 2.24) is 29.4 Å². The van der Waals surface area contributed by atoms with E-state index < -0.39 is 5.82 Å². The van der Waals surface area contributed by atoms with Gasteiger partial charge in [0, 0.05) is 60.2 Å². The summed E-state index contributed by atoms with van der Waals surface area (Å²) in [4.78, 5) is 19.3. The molecule has 37 heavy (non-hydrogen) atoms. The zero-order valence-electron chi connectivity index (χ0n) is 19.7. The Morgan fingerprint density at radius 2 is 1.84 bits per heavy atom. The molecule has 0 spiro atoms. The Hall–Kier alpha value is -4.13. The number of fused-ring (bicyclic) bond motifs is 3. The summed E-state index contributed by atoms with van der Waals surface area (Å²) in [7, 11) is 0. The molecule has 0 amide bonds. The first kappa shape index (κ1) is 23.3. The summed E-state index contributed by atoms with van der Waals surface area (Å²) in [6.07, 6.45) is 8.50. The van der Waals surface area contributed by atoms with Gasteiger partial charge in [0.2, 0.25) is 0 Å². The molecule has 0 aliphatic carbocycles. The molecule has 0 bridgehead atoms. The number of hydrogen-bond donors (Lipinski definition) is 0. The third-order valence-electron chi connectivity index (χ3n) is 6.72. The molecule has 1 fully saturated rings. The minimum atomic E-state index is -0.419. The highest BCUT2D eigenvalue weighted by Crippen LogP contribution is 2.37. The summed E-state index contributed by atoms with van der Waals surface area (Å²) < 4.78 is 23.2. The molecule has 0 N–H and O–H groups in total. The summed E-state index contributed by atoms with van der Waals surface area (Å²) in [5, 5.41) is 10.1. The molecule has 5 aromatic rings. The summed E-state index contributed by atoms with van der Waals surface area (Å²) in [6, 6.07) is 12.6. The van der Waals surface area contributed by atoms with Crippen LogP contribution in [-0.2, 0) is 0 Å². The Morgan fingerprint density at radius 3 is 2.59 bits per heavy atom. The van der Waals surface area contributed by atoms with Crippen molar-refractivity contribution in [2.24, 2.45) is 0 Å². The molecule has 0 atom stereocenters. The van der Waals surface area contributed by atoms with Crippen molar-refractivity contribution in [2.45, 2.75) is 18.9 Å². The fraction of sp³-hybridized carbons (Fsp3) is 0.222. The summed E-state index contributed by atoms with van der Waals surface area (Å²) in [6.45, 7) is 2.13. The number of nitriles is 1. The Labute approximate surface area is 216 Å². The second kappa shape index (κ2) is 9.73. The molecule has 0 radical (unpaired) electrons. The van der Waals surface area contributed by atoms with Gasteiger partial charge in [-0.25, -0.2) is 19.3 Å². The van der Waals surface area contributed by atoms with E-state index in [-0.39, 0.29) is 12.1 Å². The summed E-state index contributed by atoms with van der Waals surface area (Å²) in [5.74, 6) is 0.0307. The highest BCUT2D eigenvalue weighted by Gasteiger charge is 2.23. The minimum Gasteiger partial charge on any atom is -0.424 e. The number of benzene rings is 2. The van der Waals surface area contributed by atoms with Gasteiger partial charge in [0.15, 0.2) is 0 Å². The lowest BCUT2D eigenvalue weighted by atomic mass is 10.0. The number of nitrogens with zero attached hydrogens (tertiary/aromatic N) is 7. The molecule has 1 saturated heterocycles. The van der Waals surface area contributed by atoms with Crippen LogP contribution in [0.2, 0.25) is 5.02 Å². The van der Waals surface area contributed by atoms with E-state index in [0.717, 1.165) is 42.4 Å². The number of hydrogen-bond acceptors (Lipinski definition) is 7. The summed E-state index contributed by atoms with van der Waals surface area (Å²) >= 11 is 6.59. The van der Waals surface area contributed by atoms with Crippen molar-refractivity contribution in [3.63, 3.8) is 0 Å². The fourth-order valence-electron chi connectivity index (χ4n) is 4.90. The van der Waals surface area contributed by atoms with E-state index in [4.69, 9.17) is 21.6 Å². The van der Waals surface area contributed by atoms with Gasteiger partial charge in [-0.05, 0) is 37.1 Å². The summed E-state index contributed by atoms with van der Waals surface area (Å²) in [5.41, 5.74) is 3.13. The number of likely N-dealkylation sites (tertiary alicyclic amines) is 1. The maximum Gasteiger partial charge on any atom is 0.321 e. The first-order valence-electron chi connectivity index (χ1n) is 11.9. The van der Waals surface area contributed by atoms with Crippen molar-refractivity contribution in [3.05, 3.63) is 72.2 Å². The Bertz CT molecular complexity index is 1640.